The van der Waals surface area contributed by atoms with Crippen LogP contribution in [0.15, 0.2) is 47.6 Å². The van der Waals surface area contributed by atoms with Crippen LogP contribution >= 0.6 is 23.4 Å². The van der Waals surface area contributed by atoms with Crippen LogP contribution in [0.25, 0.3) is 0 Å². The Bertz CT molecular complexity index is 1230. The Hall–Kier alpha value is -3.64. The van der Waals surface area contributed by atoms with Gasteiger partial charge in [0.2, 0.25) is 5.91 Å². The Labute approximate surface area is 210 Å². The fraction of sp³-hybridized carbons (Fsp3) is 0.273. The number of nitrogens with zero attached hydrogens (tertiary/aromatic N) is 4. The molecule has 3 rings (SSSR count). The van der Waals surface area contributed by atoms with Crippen molar-refractivity contribution < 1.29 is 19.2 Å². The number of ether oxygens (including phenoxy) is 1. The van der Waals surface area contributed by atoms with Gasteiger partial charge in [0.15, 0.2) is 11.0 Å². The second kappa shape index (κ2) is 11.7. The van der Waals surface area contributed by atoms with Gasteiger partial charge in [-0.15, -0.1) is 10.2 Å². The minimum absolute atomic E-state index is 0.0241. The molecule has 0 unspecified atom stereocenters. The molecule has 2 N–H and O–H groups in total. The monoisotopic (exact) mass is 518 g/mol. The van der Waals surface area contributed by atoms with E-state index in [1.54, 1.807) is 42.9 Å². The van der Waals surface area contributed by atoms with E-state index >= 15 is 0 Å². The minimum atomic E-state index is -0.569. The molecule has 0 aliphatic carbocycles. The highest BCUT2D eigenvalue weighted by Gasteiger charge is 2.21. The molecule has 0 fully saturated rings. The number of nitrogens with one attached hydrogen (secondary N) is 2. The normalized spacial score (nSPS) is 11.5. The van der Waals surface area contributed by atoms with Gasteiger partial charge in [-0.2, -0.15) is 0 Å². The Balaban J connectivity index is 1.63. The number of hydrogen-bond acceptors (Lipinski definition) is 8. The Morgan fingerprint density at radius 2 is 1.94 bits per heavy atom. The number of non-ortho nitro benzene ring substituents is 1. The molecule has 1 aromatic heterocycles. The zero-order chi connectivity index (χ0) is 25.5. The lowest BCUT2D eigenvalue weighted by molar-refractivity contribution is -0.384. The molecule has 0 saturated carbocycles. The maximum absolute atomic E-state index is 12.6. The number of amides is 2. The molecular formula is C22H23ClN6O5S. The lowest BCUT2D eigenvalue weighted by Crippen LogP contribution is -2.28. The van der Waals surface area contributed by atoms with Crippen molar-refractivity contribution in [3.8, 4) is 5.75 Å². The fourth-order valence-corrected chi connectivity index (χ4v) is 4.12. The van der Waals surface area contributed by atoms with Gasteiger partial charge in [-0.25, -0.2) is 0 Å². The number of carbonyl (C=O) groups excluding carboxylic acids is 2. The highest BCUT2D eigenvalue weighted by molar-refractivity contribution is 7.99. The molecule has 0 bridgehead atoms. The molecule has 35 heavy (non-hydrogen) atoms. The van der Waals surface area contributed by atoms with E-state index in [1.165, 1.54) is 18.2 Å². The van der Waals surface area contributed by atoms with Crippen molar-refractivity contribution in [2.75, 3.05) is 18.2 Å². The van der Waals surface area contributed by atoms with Gasteiger partial charge in [0.25, 0.3) is 11.6 Å². The van der Waals surface area contributed by atoms with E-state index < -0.39 is 16.9 Å². The number of rotatable bonds is 10. The van der Waals surface area contributed by atoms with Gasteiger partial charge in [-0.05, 0) is 44.2 Å². The van der Waals surface area contributed by atoms with Gasteiger partial charge in [-0.1, -0.05) is 23.4 Å². The Morgan fingerprint density at radius 3 is 2.57 bits per heavy atom. The van der Waals surface area contributed by atoms with Crippen molar-refractivity contribution in [1.29, 1.82) is 0 Å². The average Bonchev–Trinajstić information content (AvgIpc) is 3.27. The van der Waals surface area contributed by atoms with E-state index in [1.807, 2.05) is 6.92 Å². The van der Waals surface area contributed by atoms with E-state index in [0.29, 0.717) is 28.8 Å². The first-order valence-electron chi connectivity index (χ1n) is 10.5. The van der Waals surface area contributed by atoms with Crippen molar-refractivity contribution in [3.63, 3.8) is 0 Å². The predicted octanol–water partition coefficient (Wildman–Crippen LogP) is 4.09. The van der Waals surface area contributed by atoms with Crippen LogP contribution in [0, 0.1) is 10.1 Å². The number of thioether (sulfide) groups is 1. The summed E-state index contributed by atoms with van der Waals surface area (Å²) in [4.78, 5) is 35.4. The van der Waals surface area contributed by atoms with E-state index in [2.05, 4.69) is 20.8 Å². The maximum Gasteiger partial charge on any atom is 0.271 e. The largest absolute Gasteiger partial charge is 0.497 e. The zero-order valence-electron chi connectivity index (χ0n) is 19.1. The number of nitro groups is 1. The van der Waals surface area contributed by atoms with Gasteiger partial charge in [0.1, 0.15) is 5.75 Å². The number of benzene rings is 2. The van der Waals surface area contributed by atoms with Crippen LogP contribution in [0.5, 0.6) is 5.75 Å². The second-order valence-corrected chi connectivity index (χ2v) is 8.62. The second-order valence-electron chi connectivity index (χ2n) is 7.27. The molecule has 13 heteroatoms. The molecule has 0 aliphatic rings. The third kappa shape index (κ3) is 6.49. The number of hydrogen-bond donors (Lipinski definition) is 2. The van der Waals surface area contributed by atoms with Crippen LogP contribution in [0.3, 0.4) is 0 Å². The number of methoxy groups -OCH3 is 1. The van der Waals surface area contributed by atoms with Crippen LogP contribution in [-0.2, 0) is 11.3 Å². The minimum Gasteiger partial charge on any atom is -0.497 e. The molecular weight excluding hydrogens is 496 g/mol. The summed E-state index contributed by atoms with van der Waals surface area (Å²) in [6, 6.07) is 10.1. The Morgan fingerprint density at radius 1 is 1.23 bits per heavy atom. The fourth-order valence-electron chi connectivity index (χ4n) is 3.15. The molecule has 1 heterocycles. The summed E-state index contributed by atoms with van der Waals surface area (Å²) in [7, 11) is 1.55. The van der Waals surface area contributed by atoms with E-state index in [9.17, 15) is 19.7 Å². The zero-order valence-corrected chi connectivity index (χ0v) is 20.7. The van der Waals surface area contributed by atoms with Crippen LogP contribution < -0.4 is 15.4 Å². The number of aromatic nitrogens is 3. The average molecular weight is 519 g/mol. The van der Waals surface area contributed by atoms with Crippen molar-refractivity contribution in [1.82, 2.24) is 20.1 Å². The maximum atomic E-state index is 12.6. The number of nitro benzene ring substituents is 1. The smallest absolute Gasteiger partial charge is 0.271 e. The van der Waals surface area contributed by atoms with Crippen molar-refractivity contribution in [2.45, 2.75) is 31.6 Å². The van der Waals surface area contributed by atoms with E-state index in [0.717, 1.165) is 11.8 Å². The molecule has 0 radical (unpaired) electrons. The van der Waals surface area contributed by atoms with Crippen LogP contribution in [-0.4, -0.2) is 44.4 Å². The molecule has 2 amide bonds. The standard InChI is InChI=1S/C22H23ClN6O5S/c1-4-28-20(13(2)24-21(31)14-5-8-16(34-3)9-6-14)26-27-22(28)35-12-19(30)25-18-11-15(29(32)33)7-10-17(18)23/h5-11,13H,4,12H2,1-3H3,(H,24,31)(H,25,30)/t13-/m0/s1. The van der Waals surface area contributed by atoms with Gasteiger partial charge >= 0.3 is 0 Å². The first-order chi connectivity index (χ1) is 16.7. The molecule has 0 spiro atoms. The summed E-state index contributed by atoms with van der Waals surface area (Å²) >= 11 is 7.18. The first kappa shape index (κ1) is 26.0. The summed E-state index contributed by atoms with van der Waals surface area (Å²) in [5, 5.41) is 25.5. The molecule has 11 nitrogen and oxygen atoms in total. The molecule has 2 aromatic carbocycles. The van der Waals surface area contributed by atoms with Crippen LogP contribution in [0.4, 0.5) is 11.4 Å². The molecule has 1 atom stereocenters. The SMILES string of the molecule is CCn1c(SCC(=O)Nc2cc([N+](=O)[O-])ccc2Cl)nnc1[C@H](C)NC(=O)c1ccc(OC)cc1. The van der Waals surface area contributed by atoms with E-state index in [-0.39, 0.29) is 28.1 Å². The van der Waals surface area contributed by atoms with Gasteiger partial charge < -0.3 is 19.9 Å². The quantitative estimate of drug-likeness (QED) is 0.232. The third-order valence-electron chi connectivity index (χ3n) is 4.92. The highest BCUT2D eigenvalue weighted by atomic mass is 35.5. The van der Waals surface area contributed by atoms with Crippen LogP contribution in [0.1, 0.15) is 36.1 Å². The molecule has 3 aromatic rings. The van der Waals surface area contributed by atoms with Gasteiger partial charge in [0.05, 0.1) is 34.5 Å². The lowest BCUT2D eigenvalue weighted by Gasteiger charge is -2.15. The Kier molecular flexibility index (Phi) is 8.66. The third-order valence-corrected chi connectivity index (χ3v) is 6.21. The number of carbonyl (C=O) groups is 2. The first-order valence-corrected chi connectivity index (χ1v) is 11.8. The predicted molar refractivity (Wildman–Crippen MR) is 132 cm³/mol. The van der Waals surface area contributed by atoms with Crippen molar-refractivity contribution >= 4 is 46.6 Å². The highest BCUT2D eigenvalue weighted by Crippen LogP contribution is 2.27. The van der Waals surface area contributed by atoms with Crippen LogP contribution in [0.2, 0.25) is 5.02 Å². The van der Waals surface area contributed by atoms with Gasteiger partial charge in [-0.3, -0.25) is 19.7 Å². The summed E-state index contributed by atoms with van der Waals surface area (Å²) in [5.74, 6) is 0.487. The summed E-state index contributed by atoms with van der Waals surface area (Å²) in [6.45, 7) is 4.21. The number of halogens is 1. The summed E-state index contributed by atoms with van der Waals surface area (Å²) in [5.41, 5.74) is 0.448. The van der Waals surface area contributed by atoms with Gasteiger partial charge in [0, 0.05) is 24.2 Å². The summed E-state index contributed by atoms with van der Waals surface area (Å²) < 4.78 is 6.91. The van der Waals surface area contributed by atoms with Crippen molar-refractivity contribution in [3.05, 3.63) is 69.0 Å². The molecule has 184 valence electrons. The molecule has 0 aliphatic heterocycles. The molecule has 0 saturated heterocycles. The van der Waals surface area contributed by atoms with Crippen molar-refractivity contribution in [2.24, 2.45) is 0 Å². The summed E-state index contributed by atoms with van der Waals surface area (Å²) in [6.07, 6.45) is 0. The topological polar surface area (TPSA) is 141 Å². The number of anilines is 1. The van der Waals surface area contributed by atoms with E-state index in [4.69, 9.17) is 16.3 Å². The lowest BCUT2D eigenvalue weighted by atomic mass is 10.2.